The Hall–Kier alpha value is -1.61. The number of nitrogens with zero attached hydrogens (tertiary/aromatic N) is 1. The molecule has 1 heterocycles. The van der Waals surface area contributed by atoms with Gasteiger partial charge in [-0.05, 0) is 43.7 Å². The molecule has 0 spiro atoms. The highest BCUT2D eigenvalue weighted by Gasteiger charge is 2.02. The SMILES string of the molecule is CC(O)CCCCn1ccc2ccccc2c1=O. The highest BCUT2D eigenvalue weighted by Crippen LogP contribution is 2.09. The van der Waals surface area contributed by atoms with E-state index >= 15 is 0 Å². The minimum absolute atomic E-state index is 0.0742. The number of benzene rings is 1. The lowest BCUT2D eigenvalue weighted by Crippen LogP contribution is -2.19. The van der Waals surface area contributed by atoms with Crippen molar-refractivity contribution >= 4 is 10.8 Å². The zero-order valence-corrected chi connectivity index (χ0v) is 10.7. The molecular formula is C15H19NO2. The van der Waals surface area contributed by atoms with Gasteiger partial charge in [-0.1, -0.05) is 18.2 Å². The Bertz CT molecular complexity index is 572. The molecule has 1 aromatic heterocycles. The number of aryl methyl sites for hydroxylation is 1. The smallest absolute Gasteiger partial charge is 0.258 e. The molecule has 18 heavy (non-hydrogen) atoms. The molecule has 0 saturated carbocycles. The monoisotopic (exact) mass is 245 g/mol. The Labute approximate surface area is 107 Å². The predicted molar refractivity (Wildman–Crippen MR) is 73.7 cm³/mol. The number of aromatic nitrogens is 1. The van der Waals surface area contributed by atoms with Gasteiger partial charge in [-0.25, -0.2) is 0 Å². The van der Waals surface area contributed by atoms with Gasteiger partial charge in [-0.2, -0.15) is 0 Å². The van der Waals surface area contributed by atoms with Crippen molar-refractivity contribution in [2.75, 3.05) is 0 Å². The lowest BCUT2D eigenvalue weighted by molar-refractivity contribution is 0.180. The van der Waals surface area contributed by atoms with Crippen molar-refractivity contribution in [1.82, 2.24) is 4.57 Å². The molecule has 0 amide bonds. The molecule has 1 atom stereocenters. The second kappa shape index (κ2) is 5.83. The minimum Gasteiger partial charge on any atom is -0.393 e. The second-order valence-electron chi connectivity index (χ2n) is 4.75. The first-order valence-corrected chi connectivity index (χ1v) is 6.45. The summed E-state index contributed by atoms with van der Waals surface area (Å²) in [4.78, 5) is 12.2. The summed E-state index contributed by atoms with van der Waals surface area (Å²) in [6.07, 6.45) is 4.26. The number of pyridine rings is 1. The summed E-state index contributed by atoms with van der Waals surface area (Å²) in [5.41, 5.74) is 0.0742. The van der Waals surface area contributed by atoms with Crippen molar-refractivity contribution < 1.29 is 5.11 Å². The fraction of sp³-hybridized carbons (Fsp3) is 0.400. The molecule has 1 aromatic carbocycles. The van der Waals surface area contributed by atoms with Gasteiger partial charge in [-0.15, -0.1) is 0 Å². The van der Waals surface area contributed by atoms with E-state index < -0.39 is 0 Å². The number of aliphatic hydroxyl groups excluding tert-OH is 1. The van der Waals surface area contributed by atoms with Gasteiger partial charge in [0.1, 0.15) is 0 Å². The Morgan fingerprint density at radius 2 is 2.00 bits per heavy atom. The van der Waals surface area contributed by atoms with Crippen molar-refractivity contribution in [2.24, 2.45) is 0 Å². The normalized spacial score (nSPS) is 12.8. The van der Waals surface area contributed by atoms with E-state index in [0.717, 1.165) is 36.6 Å². The summed E-state index contributed by atoms with van der Waals surface area (Å²) < 4.78 is 1.75. The molecule has 0 saturated heterocycles. The van der Waals surface area contributed by atoms with Crippen LogP contribution < -0.4 is 5.56 Å². The molecule has 3 nitrogen and oxygen atoms in total. The van der Waals surface area contributed by atoms with E-state index in [1.807, 2.05) is 36.5 Å². The zero-order chi connectivity index (χ0) is 13.0. The molecule has 0 fully saturated rings. The van der Waals surface area contributed by atoms with Crippen LogP contribution in [0.25, 0.3) is 10.8 Å². The van der Waals surface area contributed by atoms with Gasteiger partial charge in [0.05, 0.1) is 6.10 Å². The van der Waals surface area contributed by atoms with E-state index in [2.05, 4.69) is 0 Å². The maximum Gasteiger partial charge on any atom is 0.258 e. The summed E-state index contributed by atoms with van der Waals surface area (Å²) in [5, 5.41) is 10.9. The molecular weight excluding hydrogens is 226 g/mol. The van der Waals surface area contributed by atoms with Crippen LogP contribution in [0.4, 0.5) is 0 Å². The van der Waals surface area contributed by atoms with Crippen LogP contribution in [0.1, 0.15) is 26.2 Å². The predicted octanol–water partition coefficient (Wildman–Crippen LogP) is 2.55. The zero-order valence-electron chi connectivity index (χ0n) is 10.7. The summed E-state index contributed by atoms with van der Waals surface area (Å²) in [6.45, 7) is 2.51. The third-order valence-electron chi connectivity index (χ3n) is 3.16. The van der Waals surface area contributed by atoms with Crippen LogP contribution >= 0.6 is 0 Å². The molecule has 0 radical (unpaired) electrons. The highest BCUT2D eigenvalue weighted by atomic mass is 16.3. The van der Waals surface area contributed by atoms with Crippen LogP contribution in [-0.4, -0.2) is 15.8 Å². The van der Waals surface area contributed by atoms with Gasteiger partial charge in [0, 0.05) is 18.1 Å². The molecule has 2 aromatic rings. The summed E-state index contributed by atoms with van der Waals surface area (Å²) in [7, 11) is 0. The van der Waals surface area contributed by atoms with Gasteiger partial charge in [0.2, 0.25) is 0 Å². The third-order valence-corrected chi connectivity index (χ3v) is 3.16. The minimum atomic E-state index is -0.252. The largest absolute Gasteiger partial charge is 0.393 e. The van der Waals surface area contributed by atoms with Crippen LogP contribution in [0.2, 0.25) is 0 Å². The van der Waals surface area contributed by atoms with E-state index in [-0.39, 0.29) is 11.7 Å². The van der Waals surface area contributed by atoms with E-state index in [1.165, 1.54) is 0 Å². The van der Waals surface area contributed by atoms with Crippen molar-refractivity contribution in [3.63, 3.8) is 0 Å². The molecule has 2 rings (SSSR count). The average molecular weight is 245 g/mol. The molecule has 0 aliphatic carbocycles. The van der Waals surface area contributed by atoms with Gasteiger partial charge < -0.3 is 9.67 Å². The van der Waals surface area contributed by atoms with Crippen LogP contribution in [0.3, 0.4) is 0 Å². The summed E-state index contributed by atoms with van der Waals surface area (Å²) in [5.74, 6) is 0. The van der Waals surface area contributed by atoms with Crippen molar-refractivity contribution in [1.29, 1.82) is 0 Å². The first-order valence-electron chi connectivity index (χ1n) is 6.45. The topological polar surface area (TPSA) is 42.2 Å². The lowest BCUT2D eigenvalue weighted by Gasteiger charge is -2.08. The van der Waals surface area contributed by atoms with Gasteiger partial charge >= 0.3 is 0 Å². The van der Waals surface area contributed by atoms with Crippen LogP contribution in [0.5, 0.6) is 0 Å². The fourth-order valence-electron chi connectivity index (χ4n) is 2.13. The van der Waals surface area contributed by atoms with E-state index in [9.17, 15) is 9.90 Å². The van der Waals surface area contributed by atoms with E-state index in [0.29, 0.717) is 0 Å². The van der Waals surface area contributed by atoms with Gasteiger partial charge in [0.15, 0.2) is 0 Å². The summed E-state index contributed by atoms with van der Waals surface area (Å²) >= 11 is 0. The molecule has 0 aliphatic rings. The average Bonchev–Trinajstić information content (AvgIpc) is 2.37. The molecule has 0 aliphatic heterocycles. The number of rotatable bonds is 5. The molecule has 3 heteroatoms. The molecule has 1 unspecified atom stereocenters. The van der Waals surface area contributed by atoms with Gasteiger partial charge in [-0.3, -0.25) is 4.79 Å². The maximum absolute atomic E-state index is 12.2. The molecule has 1 N–H and O–H groups in total. The number of unbranched alkanes of at least 4 members (excludes halogenated alkanes) is 1. The third kappa shape index (κ3) is 2.99. The Morgan fingerprint density at radius 1 is 1.22 bits per heavy atom. The van der Waals surface area contributed by atoms with E-state index in [4.69, 9.17) is 0 Å². The quantitative estimate of drug-likeness (QED) is 0.823. The maximum atomic E-state index is 12.2. The Balaban J connectivity index is 2.10. The highest BCUT2D eigenvalue weighted by molar-refractivity contribution is 5.81. The standard InChI is InChI=1S/C15H19NO2/c1-12(17)6-4-5-10-16-11-9-13-7-2-3-8-14(13)15(16)18/h2-3,7-9,11-12,17H,4-6,10H2,1H3. The Morgan fingerprint density at radius 3 is 2.78 bits per heavy atom. The number of hydrogen-bond acceptors (Lipinski definition) is 2. The fourth-order valence-corrected chi connectivity index (χ4v) is 2.13. The number of aliphatic hydroxyl groups is 1. The second-order valence-corrected chi connectivity index (χ2v) is 4.75. The Kier molecular flexibility index (Phi) is 4.15. The lowest BCUT2D eigenvalue weighted by atomic mass is 10.1. The molecule has 0 bridgehead atoms. The molecule has 96 valence electrons. The van der Waals surface area contributed by atoms with Crippen LogP contribution in [0.15, 0.2) is 41.3 Å². The first kappa shape index (κ1) is 12.8. The first-order chi connectivity index (χ1) is 8.68. The van der Waals surface area contributed by atoms with Crippen LogP contribution in [0, 0.1) is 0 Å². The van der Waals surface area contributed by atoms with E-state index in [1.54, 1.807) is 11.5 Å². The van der Waals surface area contributed by atoms with Crippen LogP contribution in [-0.2, 0) is 6.54 Å². The van der Waals surface area contributed by atoms with Gasteiger partial charge in [0.25, 0.3) is 5.56 Å². The van der Waals surface area contributed by atoms with Crippen molar-refractivity contribution in [2.45, 2.75) is 38.8 Å². The van der Waals surface area contributed by atoms with Crippen molar-refractivity contribution in [3.05, 3.63) is 46.9 Å². The van der Waals surface area contributed by atoms with Crippen molar-refractivity contribution in [3.8, 4) is 0 Å². The summed E-state index contributed by atoms with van der Waals surface area (Å²) in [6, 6.07) is 9.63. The number of hydrogen-bond donors (Lipinski definition) is 1. The number of fused-ring (bicyclic) bond motifs is 1.